The molecule has 0 aliphatic carbocycles. The number of hydrogen-bond acceptors (Lipinski definition) is 19. The van der Waals surface area contributed by atoms with Crippen molar-refractivity contribution < 1.29 is 88.7 Å². The van der Waals surface area contributed by atoms with Crippen molar-refractivity contribution in [2.45, 2.75) is 36.2 Å². The van der Waals surface area contributed by atoms with Crippen LogP contribution in [-0.2, 0) is 90.4 Å². The number of carbonyl (C=O) groups is 5. The Labute approximate surface area is 349 Å². The van der Waals surface area contributed by atoms with Crippen LogP contribution in [0, 0.1) is 6.92 Å². The lowest BCUT2D eigenvalue weighted by molar-refractivity contribution is -0.206. The van der Waals surface area contributed by atoms with E-state index in [2.05, 4.69) is 32.9 Å². The number of hydrogen-bond donors (Lipinski definition) is 0. The zero-order valence-electron chi connectivity index (χ0n) is 33.6. The fraction of sp³-hybridized carbons (Fsp3) is 0.475. The van der Waals surface area contributed by atoms with Crippen molar-refractivity contribution in [2.24, 2.45) is 0 Å². The van der Waals surface area contributed by atoms with Crippen LogP contribution < -0.4 is 0 Å². The summed E-state index contributed by atoms with van der Waals surface area (Å²) in [5.41, 5.74) is 0.850. The van der Waals surface area contributed by atoms with Gasteiger partial charge in [-0.2, -0.15) is 8.42 Å². The van der Waals surface area contributed by atoms with Gasteiger partial charge in [0.25, 0.3) is 10.1 Å². The second-order valence-corrected chi connectivity index (χ2v) is 13.2. The Hall–Kier alpha value is -5.06. The van der Waals surface area contributed by atoms with Crippen LogP contribution in [0.4, 0.5) is 0 Å². The summed E-state index contributed by atoms with van der Waals surface area (Å²) < 4.78 is 92.2. The summed E-state index contributed by atoms with van der Waals surface area (Å²) in [6, 6.07) is 6.05. The Balaban J connectivity index is 3.55. The summed E-state index contributed by atoms with van der Waals surface area (Å²) in [6.45, 7) is 14.9. The third kappa shape index (κ3) is 23.5. The van der Waals surface area contributed by atoms with Gasteiger partial charge in [-0.05, 0) is 19.1 Å². The van der Waals surface area contributed by atoms with E-state index in [0.29, 0.717) is 0 Å². The molecule has 4 unspecified atom stereocenters. The highest BCUT2D eigenvalue weighted by Crippen LogP contribution is 2.21. The molecular weight excluding hydrogens is 816 g/mol. The van der Waals surface area contributed by atoms with Gasteiger partial charge in [0.05, 0.1) is 64.4 Å². The van der Waals surface area contributed by atoms with E-state index in [-0.39, 0.29) is 90.8 Å². The fourth-order valence-electron chi connectivity index (χ4n) is 4.51. The predicted octanol–water partition coefficient (Wildman–Crippen LogP) is 1.92. The van der Waals surface area contributed by atoms with Crippen molar-refractivity contribution in [3.05, 3.63) is 93.1 Å². The van der Waals surface area contributed by atoms with Crippen LogP contribution in [0.2, 0.25) is 0 Å². The molecule has 0 fully saturated rings. The topological polar surface area (TPSA) is 230 Å². The van der Waals surface area contributed by atoms with Crippen LogP contribution in [0.1, 0.15) is 5.56 Å². The van der Waals surface area contributed by atoms with E-state index < -0.39 is 71.0 Å². The highest BCUT2D eigenvalue weighted by Gasteiger charge is 2.39. The molecule has 4 atom stereocenters. The van der Waals surface area contributed by atoms with Crippen molar-refractivity contribution >= 4 is 40.0 Å². The van der Waals surface area contributed by atoms with Gasteiger partial charge in [0.1, 0.15) is 57.5 Å². The molecule has 20 heteroatoms. The lowest BCUT2D eigenvalue weighted by Gasteiger charge is -2.37. The van der Waals surface area contributed by atoms with Crippen molar-refractivity contribution in [3.8, 4) is 0 Å². The molecule has 1 aromatic rings. The molecular formula is C40H54O19S. The molecule has 0 saturated carbocycles. The van der Waals surface area contributed by atoms with E-state index in [1.807, 2.05) is 0 Å². The van der Waals surface area contributed by atoms with Crippen molar-refractivity contribution in [1.29, 1.82) is 0 Å². The molecule has 19 nitrogen and oxygen atoms in total. The molecule has 0 radical (unpaired) electrons. The molecule has 1 rings (SSSR count). The highest BCUT2D eigenvalue weighted by atomic mass is 32.2. The smallest absolute Gasteiger partial charge is 0.330 e. The lowest BCUT2D eigenvalue weighted by atomic mass is 10.0. The largest absolute Gasteiger partial charge is 0.460 e. The highest BCUT2D eigenvalue weighted by molar-refractivity contribution is 7.86. The van der Waals surface area contributed by atoms with E-state index in [0.717, 1.165) is 35.9 Å². The van der Waals surface area contributed by atoms with E-state index in [9.17, 15) is 32.4 Å². The number of ether oxygens (including phenoxy) is 11. The first-order valence-electron chi connectivity index (χ1n) is 18.4. The van der Waals surface area contributed by atoms with Crippen LogP contribution in [0.15, 0.2) is 92.4 Å². The normalized spacial score (nSPS) is 13.0. The Bertz CT molecular complexity index is 1620. The van der Waals surface area contributed by atoms with Gasteiger partial charge >= 0.3 is 29.8 Å². The zero-order valence-corrected chi connectivity index (χ0v) is 34.4. The summed E-state index contributed by atoms with van der Waals surface area (Å²) in [5, 5.41) is 0. The van der Waals surface area contributed by atoms with Gasteiger partial charge in [-0.1, -0.05) is 50.6 Å². The van der Waals surface area contributed by atoms with E-state index in [4.69, 9.17) is 56.3 Å². The molecule has 0 saturated heterocycles. The molecule has 0 aliphatic rings. The predicted molar refractivity (Wildman–Crippen MR) is 211 cm³/mol. The van der Waals surface area contributed by atoms with Gasteiger partial charge in [0, 0.05) is 30.4 Å². The lowest BCUT2D eigenvalue weighted by Crippen LogP contribution is -2.53. The number of benzene rings is 1. The van der Waals surface area contributed by atoms with Gasteiger partial charge in [0.15, 0.2) is 0 Å². The van der Waals surface area contributed by atoms with E-state index in [1.165, 1.54) is 12.1 Å². The maximum atomic E-state index is 12.8. The van der Waals surface area contributed by atoms with Gasteiger partial charge in [-0.15, -0.1) is 0 Å². The maximum absolute atomic E-state index is 12.8. The zero-order chi connectivity index (χ0) is 44.6. The van der Waals surface area contributed by atoms with Gasteiger partial charge in [-0.25, -0.2) is 24.0 Å². The minimum Gasteiger partial charge on any atom is -0.460 e. The van der Waals surface area contributed by atoms with Gasteiger partial charge < -0.3 is 52.1 Å². The molecule has 0 N–H and O–H groups in total. The second kappa shape index (κ2) is 31.8. The minimum absolute atomic E-state index is 0.0563. The van der Waals surface area contributed by atoms with Crippen LogP contribution >= 0.6 is 0 Å². The molecule has 1 aromatic carbocycles. The standard InChI is InChI=1S/C40H54O19S/c1-7-34(41)52-18-16-48-28-32(50-19-21-53-35(42)8-2)39(57-25-23-55-37(44)10-4)40(58-26-24-56-38(45)11-5)33(51-20-22-54-36(43)9-3)29-49-17-27-59-60(46,47)31-14-12-30(6)13-15-31/h7-15,32-33,39-40H,1-5,16-29H2,6H3. The third-order valence-electron chi connectivity index (χ3n) is 7.30. The number of aryl methyl sites for hydroxylation is 1. The van der Waals surface area contributed by atoms with Crippen LogP contribution in [0.5, 0.6) is 0 Å². The maximum Gasteiger partial charge on any atom is 0.330 e. The molecule has 0 aliphatic heterocycles. The van der Waals surface area contributed by atoms with Crippen LogP contribution in [0.25, 0.3) is 0 Å². The first kappa shape index (κ1) is 53.0. The van der Waals surface area contributed by atoms with Gasteiger partial charge in [0.2, 0.25) is 0 Å². The van der Waals surface area contributed by atoms with Gasteiger partial charge in [-0.3, -0.25) is 4.18 Å². The number of rotatable bonds is 36. The Morgan fingerprint density at radius 1 is 0.483 bits per heavy atom. The molecule has 0 aromatic heterocycles. The summed E-state index contributed by atoms with van der Waals surface area (Å²) in [7, 11) is -4.13. The first-order valence-corrected chi connectivity index (χ1v) is 19.8. The average molecular weight is 871 g/mol. The molecule has 334 valence electrons. The molecule has 0 heterocycles. The third-order valence-corrected chi connectivity index (χ3v) is 8.62. The monoisotopic (exact) mass is 870 g/mol. The second-order valence-electron chi connectivity index (χ2n) is 11.6. The summed E-state index contributed by atoms with van der Waals surface area (Å²) in [4.78, 5) is 58.7. The Kier molecular flexibility index (Phi) is 28.1. The van der Waals surface area contributed by atoms with Crippen molar-refractivity contribution in [1.82, 2.24) is 0 Å². The van der Waals surface area contributed by atoms with E-state index >= 15 is 0 Å². The molecule has 0 bridgehead atoms. The SMILES string of the molecule is C=CC(=O)OCCOCC(OCCOC(=O)C=C)C(OCCOC(=O)C=C)C(OCCOC(=O)C=C)C(COCCOS(=O)(=O)c1ccc(C)cc1)OCCOC(=O)C=C. The summed E-state index contributed by atoms with van der Waals surface area (Å²) in [5.74, 6) is -3.62. The number of carbonyl (C=O) groups excluding carboxylic acids is 5. The average Bonchev–Trinajstić information content (AvgIpc) is 3.24. The fourth-order valence-corrected chi connectivity index (χ4v) is 5.40. The molecule has 0 spiro atoms. The Morgan fingerprint density at radius 3 is 1.15 bits per heavy atom. The van der Waals surface area contributed by atoms with Crippen molar-refractivity contribution in [2.75, 3.05) is 92.5 Å². The molecule has 60 heavy (non-hydrogen) atoms. The molecule has 0 amide bonds. The Morgan fingerprint density at radius 2 is 0.800 bits per heavy atom. The van der Waals surface area contributed by atoms with Crippen LogP contribution in [0.3, 0.4) is 0 Å². The first-order chi connectivity index (χ1) is 28.8. The summed E-state index contributed by atoms with van der Waals surface area (Å²) >= 11 is 0. The summed E-state index contributed by atoms with van der Waals surface area (Å²) in [6.07, 6.45) is -0.0302. The minimum atomic E-state index is -4.13. The quantitative estimate of drug-likeness (QED) is 0.0308. The number of esters is 5. The van der Waals surface area contributed by atoms with Crippen LogP contribution in [-0.4, -0.2) is 155 Å². The van der Waals surface area contributed by atoms with Crippen molar-refractivity contribution in [3.63, 3.8) is 0 Å². The van der Waals surface area contributed by atoms with E-state index in [1.54, 1.807) is 19.1 Å².